The lowest BCUT2D eigenvalue weighted by Crippen LogP contribution is -2.16. The second-order valence-corrected chi connectivity index (χ2v) is 13.0. The van der Waals surface area contributed by atoms with E-state index in [-0.39, 0.29) is 0 Å². The third kappa shape index (κ3) is 4.93. The minimum absolute atomic E-state index is 0.417. The maximum absolute atomic E-state index is 6.81. The predicted octanol–water partition coefficient (Wildman–Crippen LogP) is 11.1. The molecule has 7 aromatic carbocycles. The molecule has 0 aliphatic heterocycles. The Balaban J connectivity index is 1.14. The average Bonchev–Trinajstić information content (AvgIpc) is 3.72. The summed E-state index contributed by atoms with van der Waals surface area (Å²) >= 11 is 1.74. The maximum atomic E-state index is 6.81. The maximum Gasteiger partial charge on any atom is 0.157 e. The molecule has 0 bridgehead atoms. The first-order valence-electron chi connectivity index (χ1n) is 16.0. The van der Waals surface area contributed by atoms with E-state index in [0.717, 1.165) is 48.9 Å². The molecule has 9 aromatic rings. The first-order chi connectivity index (χ1) is 23.7. The molecule has 9 rings (SSSR count). The monoisotopic (exact) mass is 635 g/mol. The summed E-state index contributed by atoms with van der Waals surface area (Å²) in [7, 11) is 0. The SMILES string of the molecule is NC(=NC(=NCc1cccc2oc3ccc(-c4ccc5ccccc5c4)cc3c12)c1ccccc1)c1cccc2c1sc1ccccc12. The van der Waals surface area contributed by atoms with Crippen LogP contribution in [0.2, 0.25) is 0 Å². The number of hydrogen-bond donors (Lipinski definition) is 1. The molecule has 0 atom stereocenters. The molecule has 0 aliphatic rings. The fourth-order valence-corrected chi connectivity index (χ4v) is 7.87. The molecule has 228 valence electrons. The summed E-state index contributed by atoms with van der Waals surface area (Å²) in [6, 6.07) is 52.5. The van der Waals surface area contributed by atoms with Crippen molar-refractivity contribution in [3.05, 3.63) is 168 Å². The Kier molecular flexibility index (Phi) is 6.84. The van der Waals surface area contributed by atoms with Gasteiger partial charge < -0.3 is 10.2 Å². The topological polar surface area (TPSA) is 63.9 Å². The fraction of sp³-hybridized carbons (Fsp3) is 0.0233. The van der Waals surface area contributed by atoms with Crippen molar-refractivity contribution in [3.63, 3.8) is 0 Å². The second-order valence-electron chi connectivity index (χ2n) is 11.9. The van der Waals surface area contributed by atoms with E-state index in [1.165, 1.54) is 31.8 Å². The van der Waals surface area contributed by atoms with Gasteiger partial charge in [-0.05, 0) is 63.9 Å². The minimum atomic E-state index is 0.417. The third-order valence-corrected chi connectivity index (χ3v) is 10.2. The zero-order chi connectivity index (χ0) is 32.0. The molecule has 0 saturated carbocycles. The van der Waals surface area contributed by atoms with Crippen LogP contribution in [0.4, 0.5) is 0 Å². The summed E-state index contributed by atoms with van der Waals surface area (Å²) in [6.45, 7) is 0.417. The van der Waals surface area contributed by atoms with Crippen molar-refractivity contribution in [1.29, 1.82) is 0 Å². The van der Waals surface area contributed by atoms with E-state index in [2.05, 4.69) is 103 Å². The standard InChI is InChI=1S/C43H29N3OS/c44-42(35-17-9-16-34-33-15-6-7-19-39(33)48-41(34)35)46-43(28-11-2-1-3-12-28)45-26-32-14-8-18-38-40(32)36-25-31(22-23-37(36)47-38)30-21-20-27-10-4-5-13-29(27)24-30/h1-25H,26H2,(H2,44,45,46). The van der Waals surface area contributed by atoms with Crippen molar-refractivity contribution < 1.29 is 4.42 Å². The van der Waals surface area contributed by atoms with Gasteiger partial charge in [0, 0.05) is 42.1 Å². The number of nitrogens with zero attached hydrogens (tertiary/aromatic N) is 2. The zero-order valence-corrected chi connectivity index (χ0v) is 26.7. The van der Waals surface area contributed by atoms with Crippen molar-refractivity contribution in [2.75, 3.05) is 0 Å². The quantitative estimate of drug-likeness (QED) is 0.151. The van der Waals surface area contributed by atoms with Gasteiger partial charge in [-0.25, -0.2) is 4.99 Å². The molecule has 0 saturated heterocycles. The number of fused-ring (bicyclic) bond motifs is 7. The molecular weight excluding hydrogens is 607 g/mol. The van der Waals surface area contributed by atoms with Crippen LogP contribution in [0.5, 0.6) is 0 Å². The van der Waals surface area contributed by atoms with Gasteiger partial charge in [0.1, 0.15) is 17.0 Å². The van der Waals surface area contributed by atoms with E-state index in [4.69, 9.17) is 20.1 Å². The van der Waals surface area contributed by atoms with Gasteiger partial charge >= 0.3 is 0 Å². The summed E-state index contributed by atoms with van der Waals surface area (Å²) in [6.07, 6.45) is 0. The van der Waals surface area contributed by atoms with E-state index < -0.39 is 0 Å². The van der Waals surface area contributed by atoms with Crippen molar-refractivity contribution in [3.8, 4) is 11.1 Å². The van der Waals surface area contributed by atoms with Crippen LogP contribution in [0.1, 0.15) is 16.7 Å². The molecule has 0 amide bonds. The number of hydrogen-bond acceptors (Lipinski definition) is 3. The smallest absolute Gasteiger partial charge is 0.157 e. The minimum Gasteiger partial charge on any atom is -0.456 e. The van der Waals surface area contributed by atoms with Gasteiger partial charge in [0.25, 0.3) is 0 Å². The number of benzene rings is 7. The van der Waals surface area contributed by atoms with Crippen molar-refractivity contribution in [1.82, 2.24) is 0 Å². The van der Waals surface area contributed by atoms with Crippen LogP contribution in [-0.2, 0) is 6.54 Å². The van der Waals surface area contributed by atoms with Gasteiger partial charge in [-0.15, -0.1) is 11.3 Å². The Bertz CT molecular complexity index is 2720. The van der Waals surface area contributed by atoms with Crippen LogP contribution in [0.15, 0.2) is 166 Å². The Hall–Kier alpha value is -6.04. The highest BCUT2D eigenvalue weighted by atomic mass is 32.1. The van der Waals surface area contributed by atoms with Crippen LogP contribution in [0.25, 0.3) is 64.0 Å². The molecule has 2 aromatic heterocycles. The average molecular weight is 636 g/mol. The van der Waals surface area contributed by atoms with Gasteiger partial charge in [0.2, 0.25) is 0 Å². The Labute approximate surface area is 281 Å². The molecular formula is C43H29N3OS. The van der Waals surface area contributed by atoms with Gasteiger partial charge in [-0.1, -0.05) is 115 Å². The fourth-order valence-electron chi connectivity index (χ4n) is 6.64. The predicted molar refractivity (Wildman–Crippen MR) is 203 cm³/mol. The second kappa shape index (κ2) is 11.6. The number of rotatable bonds is 5. The van der Waals surface area contributed by atoms with Crippen molar-refractivity contribution in [2.24, 2.45) is 15.7 Å². The molecule has 2 N–H and O–H groups in total. The molecule has 0 spiro atoms. The lowest BCUT2D eigenvalue weighted by molar-refractivity contribution is 0.668. The first-order valence-corrected chi connectivity index (χ1v) is 16.8. The van der Waals surface area contributed by atoms with Crippen molar-refractivity contribution >= 4 is 75.9 Å². The van der Waals surface area contributed by atoms with Gasteiger partial charge in [0.15, 0.2) is 5.84 Å². The lowest BCUT2D eigenvalue weighted by atomic mass is 9.98. The Morgan fingerprint density at radius 2 is 1.35 bits per heavy atom. The first kappa shape index (κ1) is 28.2. The molecule has 2 heterocycles. The highest BCUT2D eigenvalue weighted by Crippen LogP contribution is 2.37. The number of nitrogens with two attached hydrogens (primary N) is 1. The van der Waals surface area contributed by atoms with E-state index in [1.54, 1.807) is 11.3 Å². The Morgan fingerprint density at radius 1 is 0.604 bits per heavy atom. The van der Waals surface area contributed by atoms with Crippen LogP contribution in [0.3, 0.4) is 0 Å². The summed E-state index contributed by atoms with van der Waals surface area (Å²) in [5.41, 5.74) is 13.7. The molecule has 0 fully saturated rings. The zero-order valence-electron chi connectivity index (χ0n) is 25.9. The summed E-state index contributed by atoms with van der Waals surface area (Å²) in [5, 5.41) is 7.01. The van der Waals surface area contributed by atoms with Crippen molar-refractivity contribution in [2.45, 2.75) is 6.54 Å². The normalized spacial score (nSPS) is 12.6. The molecule has 0 radical (unpaired) electrons. The third-order valence-electron chi connectivity index (χ3n) is 9.00. The lowest BCUT2D eigenvalue weighted by Gasteiger charge is -2.07. The molecule has 0 unspecified atom stereocenters. The highest BCUT2D eigenvalue weighted by Gasteiger charge is 2.15. The van der Waals surface area contributed by atoms with Crippen LogP contribution in [0, 0.1) is 0 Å². The summed E-state index contributed by atoms with van der Waals surface area (Å²) in [5.74, 6) is 1.04. The number of amidine groups is 2. The molecule has 48 heavy (non-hydrogen) atoms. The summed E-state index contributed by atoms with van der Waals surface area (Å²) in [4.78, 5) is 10.1. The van der Waals surface area contributed by atoms with E-state index in [1.807, 2.05) is 48.5 Å². The number of thiophene rings is 1. The number of aliphatic imine (C=N–C) groups is 2. The molecule has 4 nitrogen and oxygen atoms in total. The largest absolute Gasteiger partial charge is 0.456 e. The molecule has 5 heteroatoms. The van der Waals surface area contributed by atoms with Crippen LogP contribution >= 0.6 is 11.3 Å². The van der Waals surface area contributed by atoms with E-state index >= 15 is 0 Å². The van der Waals surface area contributed by atoms with Gasteiger partial charge in [-0.2, -0.15) is 0 Å². The highest BCUT2D eigenvalue weighted by molar-refractivity contribution is 7.26. The van der Waals surface area contributed by atoms with E-state index in [0.29, 0.717) is 18.2 Å². The van der Waals surface area contributed by atoms with Gasteiger partial charge in [-0.3, -0.25) is 4.99 Å². The van der Waals surface area contributed by atoms with E-state index in [9.17, 15) is 0 Å². The molecule has 0 aliphatic carbocycles. The Morgan fingerprint density at radius 3 is 2.27 bits per heavy atom. The van der Waals surface area contributed by atoms with Gasteiger partial charge in [0.05, 0.1) is 6.54 Å². The van der Waals surface area contributed by atoms with Crippen LogP contribution < -0.4 is 5.73 Å². The van der Waals surface area contributed by atoms with Crippen LogP contribution in [-0.4, -0.2) is 11.7 Å². The summed E-state index contributed by atoms with van der Waals surface area (Å²) < 4.78 is 8.70. The number of furan rings is 1.